The Kier molecular flexibility index (Phi) is 4.35. The normalized spacial score (nSPS) is 10.4. The Balaban J connectivity index is 2.56. The molecule has 0 aliphatic carbocycles. The van der Waals surface area contributed by atoms with Gasteiger partial charge in [-0.25, -0.2) is 0 Å². The lowest BCUT2D eigenvalue weighted by Crippen LogP contribution is -2.01. The first-order valence-electron chi connectivity index (χ1n) is 5.32. The zero-order valence-electron chi connectivity index (χ0n) is 9.62. The number of hydrogen-bond donors (Lipinski definition) is 0. The van der Waals surface area contributed by atoms with Gasteiger partial charge in [0.2, 0.25) is 0 Å². The third-order valence-electron chi connectivity index (χ3n) is 2.33. The Morgan fingerprint density at radius 1 is 1.40 bits per heavy atom. The fourth-order valence-corrected chi connectivity index (χ4v) is 1.28. The molecule has 2 heteroatoms. The molecular weight excluding hydrogens is 188 g/mol. The number of rotatable bonds is 5. The van der Waals surface area contributed by atoms with Crippen LogP contribution in [0.4, 0.5) is 0 Å². The Labute approximate surface area is 91.3 Å². The topological polar surface area (TPSA) is 26.3 Å². The number of ether oxygens (including phenoxy) is 1. The van der Waals surface area contributed by atoms with Gasteiger partial charge >= 0.3 is 0 Å². The molecule has 1 rings (SSSR count). The fraction of sp³-hybridized carbons (Fsp3) is 0.462. The quantitative estimate of drug-likeness (QED) is 0.691. The molecule has 0 atom stereocenters. The summed E-state index contributed by atoms with van der Waals surface area (Å²) in [5.41, 5.74) is 1.69. The van der Waals surface area contributed by atoms with E-state index in [0.717, 1.165) is 36.2 Å². The second-order valence-electron chi connectivity index (χ2n) is 4.17. The molecule has 0 aromatic heterocycles. The maximum atomic E-state index is 10.6. The highest BCUT2D eigenvalue weighted by atomic mass is 16.5. The molecule has 0 N–H and O–H groups in total. The van der Waals surface area contributed by atoms with Crippen LogP contribution in [0.5, 0.6) is 5.75 Å². The summed E-state index contributed by atoms with van der Waals surface area (Å²) in [5, 5.41) is 0. The van der Waals surface area contributed by atoms with Gasteiger partial charge in [-0.1, -0.05) is 13.8 Å². The lowest BCUT2D eigenvalue weighted by Gasteiger charge is -2.09. The molecule has 0 amide bonds. The Bertz CT molecular complexity index is 329. The van der Waals surface area contributed by atoms with Crippen LogP contribution in [-0.2, 0) is 0 Å². The second kappa shape index (κ2) is 5.54. The van der Waals surface area contributed by atoms with E-state index < -0.39 is 0 Å². The second-order valence-corrected chi connectivity index (χ2v) is 4.17. The van der Waals surface area contributed by atoms with Crippen LogP contribution in [0.15, 0.2) is 18.2 Å². The molecule has 0 fully saturated rings. The zero-order chi connectivity index (χ0) is 11.3. The summed E-state index contributed by atoms with van der Waals surface area (Å²) in [5.74, 6) is 1.50. The zero-order valence-corrected chi connectivity index (χ0v) is 9.62. The molecule has 0 aliphatic rings. The van der Waals surface area contributed by atoms with Crippen molar-refractivity contribution in [2.75, 3.05) is 6.61 Å². The smallest absolute Gasteiger partial charge is 0.150 e. The van der Waals surface area contributed by atoms with Gasteiger partial charge in [-0.3, -0.25) is 4.79 Å². The van der Waals surface area contributed by atoms with Crippen molar-refractivity contribution in [3.05, 3.63) is 29.3 Å². The molecule has 1 aromatic rings. The highest BCUT2D eigenvalue weighted by molar-refractivity contribution is 5.77. The van der Waals surface area contributed by atoms with Crippen LogP contribution >= 0.6 is 0 Å². The van der Waals surface area contributed by atoms with Gasteiger partial charge in [-0.2, -0.15) is 0 Å². The first kappa shape index (κ1) is 11.8. The van der Waals surface area contributed by atoms with Crippen LogP contribution in [0.2, 0.25) is 0 Å². The van der Waals surface area contributed by atoms with Crippen molar-refractivity contribution in [2.24, 2.45) is 5.92 Å². The largest absolute Gasteiger partial charge is 0.494 e. The van der Waals surface area contributed by atoms with Gasteiger partial charge in [-0.05, 0) is 43.0 Å². The van der Waals surface area contributed by atoms with E-state index in [0.29, 0.717) is 5.92 Å². The van der Waals surface area contributed by atoms with Crippen molar-refractivity contribution in [2.45, 2.75) is 27.2 Å². The predicted octanol–water partition coefficient (Wildman–Crippen LogP) is 3.23. The summed E-state index contributed by atoms with van der Waals surface area (Å²) in [6, 6.07) is 5.55. The molecule has 0 spiro atoms. The highest BCUT2D eigenvalue weighted by Gasteiger charge is 2.00. The molecule has 0 radical (unpaired) electrons. The van der Waals surface area contributed by atoms with Crippen molar-refractivity contribution in [3.8, 4) is 5.75 Å². The maximum Gasteiger partial charge on any atom is 0.150 e. The third kappa shape index (κ3) is 3.74. The lowest BCUT2D eigenvalue weighted by molar-refractivity contribution is 0.112. The molecule has 0 aliphatic heterocycles. The maximum absolute atomic E-state index is 10.6. The first-order valence-corrected chi connectivity index (χ1v) is 5.32. The summed E-state index contributed by atoms with van der Waals surface area (Å²) in [6.45, 7) is 6.99. The molecule has 0 saturated heterocycles. The third-order valence-corrected chi connectivity index (χ3v) is 2.33. The molecule has 2 nitrogen and oxygen atoms in total. The van der Waals surface area contributed by atoms with E-state index in [9.17, 15) is 4.79 Å². The van der Waals surface area contributed by atoms with E-state index in [-0.39, 0.29) is 0 Å². The van der Waals surface area contributed by atoms with Gasteiger partial charge < -0.3 is 4.74 Å². The van der Waals surface area contributed by atoms with Crippen LogP contribution in [0, 0.1) is 12.8 Å². The average molecular weight is 206 g/mol. The standard InChI is InChI=1S/C13H18O2/c1-10(2)6-7-15-13-5-4-12(9-14)11(3)8-13/h4-5,8-10H,6-7H2,1-3H3. The minimum atomic E-state index is 0.653. The van der Waals surface area contributed by atoms with E-state index in [2.05, 4.69) is 13.8 Å². The first-order chi connectivity index (χ1) is 7.13. The number of carbonyl (C=O) groups is 1. The van der Waals surface area contributed by atoms with Crippen molar-refractivity contribution in [1.82, 2.24) is 0 Å². The number of hydrogen-bond acceptors (Lipinski definition) is 2. The Morgan fingerprint density at radius 2 is 2.13 bits per heavy atom. The van der Waals surface area contributed by atoms with Gasteiger partial charge in [0.15, 0.2) is 0 Å². The van der Waals surface area contributed by atoms with Crippen LogP contribution in [0.3, 0.4) is 0 Å². The summed E-state index contributed by atoms with van der Waals surface area (Å²) < 4.78 is 5.58. The highest BCUT2D eigenvalue weighted by Crippen LogP contribution is 2.16. The predicted molar refractivity (Wildman–Crippen MR) is 61.5 cm³/mol. The summed E-state index contributed by atoms with van der Waals surface area (Å²) >= 11 is 0. The molecule has 1 aromatic carbocycles. The fourth-order valence-electron chi connectivity index (χ4n) is 1.28. The molecule has 0 unspecified atom stereocenters. The minimum absolute atomic E-state index is 0.653. The van der Waals surface area contributed by atoms with Gasteiger partial charge in [0.05, 0.1) is 6.61 Å². The van der Waals surface area contributed by atoms with Crippen molar-refractivity contribution in [3.63, 3.8) is 0 Å². The summed E-state index contributed by atoms with van der Waals surface area (Å²) in [7, 11) is 0. The molecule has 82 valence electrons. The van der Waals surface area contributed by atoms with Crippen molar-refractivity contribution >= 4 is 6.29 Å². The van der Waals surface area contributed by atoms with Gasteiger partial charge in [0, 0.05) is 5.56 Å². The van der Waals surface area contributed by atoms with Crippen LogP contribution in [0.1, 0.15) is 36.2 Å². The van der Waals surface area contributed by atoms with Gasteiger partial charge in [0.25, 0.3) is 0 Å². The number of carbonyl (C=O) groups excluding carboxylic acids is 1. The van der Waals surface area contributed by atoms with E-state index in [1.807, 2.05) is 19.1 Å². The van der Waals surface area contributed by atoms with E-state index in [1.165, 1.54) is 0 Å². The number of benzene rings is 1. The van der Waals surface area contributed by atoms with Crippen LogP contribution in [-0.4, -0.2) is 12.9 Å². The Morgan fingerprint density at radius 3 is 2.67 bits per heavy atom. The summed E-state index contributed by atoms with van der Waals surface area (Å²) in [6.07, 6.45) is 1.92. The molecule has 0 heterocycles. The Hall–Kier alpha value is -1.31. The molecule has 0 bridgehead atoms. The SMILES string of the molecule is Cc1cc(OCCC(C)C)ccc1C=O. The molecule has 15 heavy (non-hydrogen) atoms. The molecular formula is C13H18O2. The van der Waals surface area contributed by atoms with Crippen molar-refractivity contribution < 1.29 is 9.53 Å². The lowest BCUT2D eigenvalue weighted by atomic mass is 10.1. The molecule has 0 saturated carbocycles. The van der Waals surface area contributed by atoms with E-state index in [1.54, 1.807) is 6.07 Å². The van der Waals surface area contributed by atoms with Crippen molar-refractivity contribution in [1.29, 1.82) is 0 Å². The van der Waals surface area contributed by atoms with Crippen LogP contribution in [0.25, 0.3) is 0 Å². The van der Waals surface area contributed by atoms with Gasteiger partial charge in [-0.15, -0.1) is 0 Å². The monoisotopic (exact) mass is 206 g/mol. The minimum Gasteiger partial charge on any atom is -0.494 e. The van der Waals surface area contributed by atoms with Crippen LogP contribution < -0.4 is 4.74 Å². The number of aryl methyl sites for hydroxylation is 1. The van der Waals surface area contributed by atoms with Gasteiger partial charge in [0.1, 0.15) is 12.0 Å². The number of aldehydes is 1. The van der Waals surface area contributed by atoms with E-state index >= 15 is 0 Å². The summed E-state index contributed by atoms with van der Waals surface area (Å²) in [4.78, 5) is 10.6. The average Bonchev–Trinajstić information content (AvgIpc) is 2.17. The van der Waals surface area contributed by atoms with E-state index in [4.69, 9.17) is 4.74 Å².